The van der Waals surface area contributed by atoms with Crippen molar-refractivity contribution in [2.24, 2.45) is 11.8 Å². The first kappa shape index (κ1) is 23.3. The monoisotopic (exact) mass is 495 g/mol. The largest absolute Gasteiger partial charge is 0.494 e. The van der Waals surface area contributed by atoms with E-state index in [-0.39, 0.29) is 11.1 Å². The van der Waals surface area contributed by atoms with E-state index in [2.05, 4.69) is 6.92 Å². The zero-order valence-electron chi connectivity index (χ0n) is 20.3. The number of unbranched alkanes of at least 4 members (excludes halogenated alkanes) is 1. The van der Waals surface area contributed by atoms with Crippen molar-refractivity contribution >= 4 is 29.1 Å². The smallest absolute Gasteiger partial charge is 0.241 e. The first-order valence-electron chi connectivity index (χ1n) is 12.5. The van der Waals surface area contributed by atoms with Gasteiger partial charge in [-0.25, -0.2) is 4.90 Å². The van der Waals surface area contributed by atoms with Crippen LogP contribution in [0.1, 0.15) is 52.1 Å². The quantitative estimate of drug-likeness (QED) is 0.283. The molecule has 6 rings (SSSR count). The van der Waals surface area contributed by atoms with E-state index in [9.17, 15) is 19.2 Å². The van der Waals surface area contributed by atoms with Crippen LogP contribution in [0.3, 0.4) is 0 Å². The Balaban J connectivity index is 1.43. The van der Waals surface area contributed by atoms with E-state index in [1.54, 1.807) is 72.8 Å². The summed E-state index contributed by atoms with van der Waals surface area (Å²) < 4.78 is 12.0. The van der Waals surface area contributed by atoms with E-state index in [0.717, 1.165) is 17.7 Å². The molecule has 37 heavy (non-hydrogen) atoms. The maximum atomic E-state index is 14.0. The van der Waals surface area contributed by atoms with Crippen molar-refractivity contribution in [3.05, 3.63) is 95.6 Å². The van der Waals surface area contributed by atoms with Crippen molar-refractivity contribution in [1.29, 1.82) is 0 Å². The van der Waals surface area contributed by atoms with Crippen LogP contribution in [0.15, 0.2) is 78.9 Å². The Morgan fingerprint density at radius 1 is 0.811 bits per heavy atom. The third-order valence-corrected chi connectivity index (χ3v) is 7.51. The summed E-state index contributed by atoms with van der Waals surface area (Å²) in [7, 11) is 0. The number of hydrogen-bond donors (Lipinski definition) is 0. The number of hydrogen-bond acceptors (Lipinski definition) is 6. The van der Waals surface area contributed by atoms with Crippen LogP contribution in [0.2, 0.25) is 0 Å². The number of rotatable bonds is 6. The Morgan fingerprint density at radius 2 is 1.43 bits per heavy atom. The van der Waals surface area contributed by atoms with Gasteiger partial charge >= 0.3 is 0 Å². The molecule has 2 amide bonds. The van der Waals surface area contributed by atoms with Crippen molar-refractivity contribution in [2.75, 3.05) is 11.5 Å². The van der Waals surface area contributed by atoms with Crippen molar-refractivity contribution < 1.29 is 28.7 Å². The standard InChI is InChI=1S/C30H25NO6/c1-2-3-17-36-20-15-13-19(14-16-20)31-28(34)23-24(29(31)35)30(37-25(23)18-9-5-4-6-10-18)26(32)21-11-7-8-12-22(21)27(30)33/h4-16,23-25H,2-3,17H2,1H3/t23-,24-,25-/m0/s1. The molecule has 0 unspecified atom stereocenters. The summed E-state index contributed by atoms with van der Waals surface area (Å²) in [4.78, 5) is 56.5. The fourth-order valence-electron chi connectivity index (χ4n) is 5.74. The van der Waals surface area contributed by atoms with Gasteiger partial charge in [0, 0.05) is 11.1 Å². The summed E-state index contributed by atoms with van der Waals surface area (Å²) in [6.45, 7) is 2.65. The van der Waals surface area contributed by atoms with E-state index >= 15 is 0 Å². The summed E-state index contributed by atoms with van der Waals surface area (Å²) in [5, 5.41) is 0. The molecular weight excluding hydrogens is 470 g/mol. The molecule has 7 nitrogen and oxygen atoms in total. The van der Waals surface area contributed by atoms with Gasteiger partial charge in [0.05, 0.1) is 30.2 Å². The normalized spacial score (nSPS) is 23.6. The molecular formula is C30H25NO6. The molecule has 2 aliphatic heterocycles. The fourth-order valence-corrected chi connectivity index (χ4v) is 5.74. The lowest BCUT2D eigenvalue weighted by Crippen LogP contribution is -2.51. The van der Waals surface area contributed by atoms with Gasteiger partial charge in [-0.15, -0.1) is 0 Å². The minimum atomic E-state index is -2.07. The Bertz CT molecular complexity index is 1380. The number of imide groups is 1. The summed E-state index contributed by atoms with van der Waals surface area (Å²) in [6.07, 6.45) is 0.999. The highest BCUT2D eigenvalue weighted by molar-refractivity contribution is 6.37. The van der Waals surface area contributed by atoms with Crippen LogP contribution in [0, 0.1) is 11.8 Å². The molecule has 3 aliphatic rings. The Morgan fingerprint density at radius 3 is 2.05 bits per heavy atom. The van der Waals surface area contributed by atoms with E-state index in [1.165, 1.54) is 0 Å². The van der Waals surface area contributed by atoms with Crippen LogP contribution in [-0.2, 0) is 14.3 Å². The average Bonchev–Trinajstić information content (AvgIpc) is 3.50. The SMILES string of the molecule is CCCCOc1ccc(N2C(=O)[C@H]3[C@@H](C2=O)C2(O[C@H]3c3ccccc3)C(=O)c3ccccc3C2=O)cc1. The van der Waals surface area contributed by atoms with Gasteiger partial charge in [0.25, 0.3) is 0 Å². The van der Waals surface area contributed by atoms with Gasteiger partial charge in [0.1, 0.15) is 5.75 Å². The molecule has 3 aromatic carbocycles. The Kier molecular flexibility index (Phi) is 5.53. The second kappa shape index (κ2) is 8.78. The molecule has 2 saturated heterocycles. The van der Waals surface area contributed by atoms with Crippen molar-refractivity contribution in [2.45, 2.75) is 31.5 Å². The predicted molar refractivity (Wildman–Crippen MR) is 134 cm³/mol. The molecule has 186 valence electrons. The molecule has 1 aliphatic carbocycles. The lowest BCUT2D eigenvalue weighted by molar-refractivity contribution is -0.127. The van der Waals surface area contributed by atoms with Gasteiger partial charge in [-0.2, -0.15) is 0 Å². The van der Waals surface area contributed by atoms with E-state index < -0.39 is 46.9 Å². The number of ketones is 2. The summed E-state index contributed by atoms with van der Waals surface area (Å²) in [6, 6.07) is 22.2. The molecule has 3 aromatic rings. The molecule has 3 atom stereocenters. The summed E-state index contributed by atoms with van der Waals surface area (Å²) in [5.74, 6) is -3.88. The molecule has 0 saturated carbocycles. The van der Waals surface area contributed by atoms with E-state index in [4.69, 9.17) is 9.47 Å². The van der Waals surface area contributed by atoms with Crippen LogP contribution in [-0.4, -0.2) is 35.6 Å². The summed E-state index contributed by atoms with van der Waals surface area (Å²) >= 11 is 0. The minimum absolute atomic E-state index is 0.215. The van der Waals surface area contributed by atoms with Crippen LogP contribution >= 0.6 is 0 Å². The molecule has 7 heteroatoms. The third-order valence-electron chi connectivity index (χ3n) is 7.51. The highest BCUT2D eigenvalue weighted by Gasteiger charge is 2.74. The molecule has 2 heterocycles. The third kappa shape index (κ3) is 3.30. The second-order valence-corrected chi connectivity index (χ2v) is 9.60. The maximum absolute atomic E-state index is 14.0. The number of benzene rings is 3. The van der Waals surface area contributed by atoms with Gasteiger partial charge < -0.3 is 9.47 Å². The van der Waals surface area contributed by atoms with Gasteiger partial charge in [-0.1, -0.05) is 67.9 Å². The number of amides is 2. The topological polar surface area (TPSA) is 90.0 Å². The highest BCUT2D eigenvalue weighted by Crippen LogP contribution is 2.57. The summed E-state index contributed by atoms with van der Waals surface area (Å²) in [5.41, 5.74) is -0.641. The van der Waals surface area contributed by atoms with Crippen LogP contribution in [0.4, 0.5) is 5.69 Å². The van der Waals surface area contributed by atoms with Gasteiger partial charge in [0.2, 0.25) is 29.0 Å². The molecule has 0 N–H and O–H groups in total. The fraction of sp³-hybridized carbons (Fsp3) is 0.267. The van der Waals surface area contributed by atoms with Crippen LogP contribution in [0.5, 0.6) is 5.75 Å². The number of nitrogens with zero attached hydrogens (tertiary/aromatic N) is 1. The lowest BCUT2D eigenvalue weighted by Gasteiger charge is -2.27. The zero-order chi connectivity index (χ0) is 25.7. The van der Waals surface area contributed by atoms with E-state index in [1.807, 2.05) is 6.07 Å². The first-order chi connectivity index (χ1) is 18.0. The lowest BCUT2D eigenvalue weighted by atomic mass is 9.77. The molecule has 2 fully saturated rings. The van der Waals surface area contributed by atoms with Gasteiger partial charge in [-0.3, -0.25) is 19.2 Å². The molecule has 0 aromatic heterocycles. The van der Waals surface area contributed by atoms with Gasteiger partial charge in [0.15, 0.2) is 0 Å². The number of Topliss-reactive ketones (excluding diaryl/α,β-unsaturated/α-hetero) is 2. The number of carbonyl (C=O) groups is 4. The number of carbonyl (C=O) groups excluding carboxylic acids is 4. The van der Waals surface area contributed by atoms with Crippen LogP contribution in [0.25, 0.3) is 0 Å². The average molecular weight is 496 g/mol. The molecule has 1 spiro atoms. The van der Waals surface area contributed by atoms with Gasteiger partial charge in [-0.05, 0) is 36.2 Å². The first-order valence-corrected chi connectivity index (χ1v) is 12.5. The molecule has 0 bridgehead atoms. The maximum Gasteiger partial charge on any atom is 0.241 e. The molecule has 0 radical (unpaired) electrons. The number of ether oxygens (including phenoxy) is 2. The van der Waals surface area contributed by atoms with Crippen molar-refractivity contribution in [3.63, 3.8) is 0 Å². The van der Waals surface area contributed by atoms with Crippen molar-refractivity contribution in [3.8, 4) is 5.75 Å². The Labute approximate surface area is 214 Å². The number of fused-ring (bicyclic) bond motifs is 3. The second-order valence-electron chi connectivity index (χ2n) is 9.60. The number of anilines is 1. The predicted octanol–water partition coefficient (Wildman–Crippen LogP) is 4.56. The minimum Gasteiger partial charge on any atom is -0.494 e. The van der Waals surface area contributed by atoms with E-state index in [0.29, 0.717) is 23.6 Å². The van der Waals surface area contributed by atoms with Crippen LogP contribution < -0.4 is 9.64 Å². The zero-order valence-corrected chi connectivity index (χ0v) is 20.3. The Hall–Kier alpha value is -4.10. The van der Waals surface area contributed by atoms with Crippen molar-refractivity contribution in [1.82, 2.24) is 0 Å². The highest BCUT2D eigenvalue weighted by atomic mass is 16.5.